The molecule has 0 amide bonds. The topological polar surface area (TPSA) is 76.9 Å². The van der Waals surface area contributed by atoms with Gasteiger partial charge < -0.3 is 4.57 Å². The van der Waals surface area contributed by atoms with Gasteiger partial charge in [0.15, 0.2) is 0 Å². The van der Waals surface area contributed by atoms with Gasteiger partial charge in [0.05, 0.1) is 9.48 Å². The monoisotopic (exact) mass is 390 g/mol. The number of sulfonamides is 1. The first-order valence-electron chi connectivity index (χ1n) is 6.58. The van der Waals surface area contributed by atoms with Crippen LogP contribution in [0.3, 0.4) is 0 Å². The van der Waals surface area contributed by atoms with Gasteiger partial charge in [0.1, 0.15) is 5.82 Å². The Morgan fingerprint density at radius 3 is 3.10 bits per heavy atom. The molecule has 1 atom stereocenters. The van der Waals surface area contributed by atoms with E-state index in [0.29, 0.717) is 12.2 Å². The lowest BCUT2D eigenvalue weighted by atomic mass is 10.00. The van der Waals surface area contributed by atoms with Crippen molar-refractivity contribution in [3.63, 3.8) is 0 Å². The van der Waals surface area contributed by atoms with Gasteiger partial charge in [-0.05, 0) is 35.2 Å². The Hall–Kier alpha value is -0.770. The number of hydrogen-bond acceptors (Lipinski definition) is 5. The van der Waals surface area contributed by atoms with Crippen molar-refractivity contribution in [3.05, 3.63) is 27.7 Å². The Kier molecular flexibility index (Phi) is 4.17. The van der Waals surface area contributed by atoms with Gasteiger partial charge in [-0.2, -0.15) is 0 Å². The third-order valence-electron chi connectivity index (χ3n) is 3.55. The third kappa shape index (κ3) is 3.20. The van der Waals surface area contributed by atoms with Gasteiger partial charge >= 0.3 is 0 Å². The predicted octanol–water partition coefficient (Wildman–Crippen LogP) is 1.95. The van der Waals surface area contributed by atoms with E-state index < -0.39 is 10.0 Å². The number of nitrogens with zero attached hydrogens (tertiary/aromatic N) is 3. The summed E-state index contributed by atoms with van der Waals surface area (Å²) in [6, 6.07) is 0. The van der Waals surface area contributed by atoms with E-state index in [9.17, 15) is 8.42 Å². The van der Waals surface area contributed by atoms with Crippen molar-refractivity contribution in [2.45, 2.75) is 30.6 Å². The number of fused-ring (bicyclic) bond motifs is 1. The summed E-state index contributed by atoms with van der Waals surface area (Å²) in [5, 5.41) is 0. The van der Waals surface area contributed by atoms with E-state index >= 15 is 0 Å². The summed E-state index contributed by atoms with van der Waals surface area (Å²) in [5.74, 6) is 1.36. The first-order chi connectivity index (χ1) is 9.95. The molecule has 0 saturated carbocycles. The highest BCUT2D eigenvalue weighted by Gasteiger charge is 2.24. The third-order valence-corrected chi connectivity index (χ3v) is 7.35. The number of halogens is 1. The maximum atomic E-state index is 12.2. The lowest BCUT2D eigenvalue weighted by Crippen LogP contribution is -2.33. The highest BCUT2D eigenvalue weighted by molar-refractivity contribution is 9.11. The zero-order chi connectivity index (χ0) is 15.0. The Labute approximate surface area is 135 Å². The van der Waals surface area contributed by atoms with Crippen LogP contribution < -0.4 is 4.72 Å². The molecular formula is C12H15BrN4O2S2. The zero-order valence-electron chi connectivity index (χ0n) is 11.4. The van der Waals surface area contributed by atoms with Crippen LogP contribution in [-0.4, -0.2) is 29.5 Å². The Morgan fingerprint density at radius 1 is 1.57 bits per heavy atom. The molecule has 0 radical (unpaired) electrons. The summed E-state index contributed by atoms with van der Waals surface area (Å²) in [6.45, 7) is 3.01. The van der Waals surface area contributed by atoms with Crippen LogP contribution in [0.1, 0.15) is 17.9 Å². The van der Waals surface area contributed by atoms with Gasteiger partial charge in [0.25, 0.3) is 10.0 Å². The number of rotatable bonds is 4. The highest BCUT2D eigenvalue weighted by Crippen LogP contribution is 2.27. The van der Waals surface area contributed by atoms with Gasteiger partial charge in [-0.15, -0.1) is 0 Å². The molecule has 0 saturated heterocycles. The summed E-state index contributed by atoms with van der Waals surface area (Å²) in [4.78, 5) is 8.35. The molecule has 0 unspecified atom stereocenters. The maximum Gasteiger partial charge on any atom is 0.267 e. The van der Waals surface area contributed by atoms with Crippen molar-refractivity contribution in [3.8, 4) is 0 Å². The van der Waals surface area contributed by atoms with Crippen LogP contribution in [-0.2, 0) is 23.0 Å². The summed E-state index contributed by atoms with van der Waals surface area (Å²) < 4.78 is 30.1. The molecule has 0 aromatic carbocycles. The molecule has 2 aromatic rings. The maximum absolute atomic E-state index is 12.2. The summed E-state index contributed by atoms with van der Waals surface area (Å²) in [7, 11) is -3.52. The number of hydrogen-bond donors (Lipinski definition) is 1. The molecule has 1 N–H and O–H groups in total. The van der Waals surface area contributed by atoms with Crippen molar-refractivity contribution < 1.29 is 8.42 Å². The second-order valence-corrected chi connectivity index (χ2v) is 9.35. The smallest absolute Gasteiger partial charge is 0.267 e. The second-order valence-electron chi connectivity index (χ2n) is 5.09. The molecule has 0 spiro atoms. The molecule has 2 aromatic heterocycles. The fraction of sp³-hybridized carbons (Fsp3) is 0.500. The van der Waals surface area contributed by atoms with Gasteiger partial charge in [-0.25, -0.2) is 23.1 Å². The minimum atomic E-state index is -3.52. The summed E-state index contributed by atoms with van der Waals surface area (Å²) in [5.41, 5.74) is 0.695. The molecule has 3 heterocycles. The highest BCUT2D eigenvalue weighted by atomic mass is 79.9. The SMILES string of the molecule is Cc1nc(S(=O)(=O)NC[C@@H]2CCc3nccn3C2)sc1Br. The molecular weight excluding hydrogens is 376 g/mol. The molecule has 3 rings (SSSR count). The van der Waals surface area contributed by atoms with Crippen LogP contribution in [0, 0.1) is 12.8 Å². The van der Waals surface area contributed by atoms with Crippen LogP contribution in [0.2, 0.25) is 0 Å². The van der Waals surface area contributed by atoms with Crippen molar-refractivity contribution in [2.24, 2.45) is 5.92 Å². The molecule has 114 valence electrons. The van der Waals surface area contributed by atoms with Crippen molar-refractivity contribution >= 4 is 37.3 Å². The van der Waals surface area contributed by atoms with Gasteiger partial charge in [-0.3, -0.25) is 0 Å². The van der Waals surface area contributed by atoms with Crippen LogP contribution in [0.4, 0.5) is 0 Å². The average molecular weight is 391 g/mol. The number of nitrogens with one attached hydrogen (secondary N) is 1. The number of imidazole rings is 1. The molecule has 0 fully saturated rings. The lowest BCUT2D eigenvalue weighted by Gasteiger charge is -2.23. The van der Waals surface area contributed by atoms with Gasteiger partial charge in [-0.1, -0.05) is 11.3 Å². The van der Waals surface area contributed by atoms with Crippen LogP contribution >= 0.6 is 27.3 Å². The minimum Gasteiger partial charge on any atom is -0.335 e. The fourth-order valence-corrected chi connectivity index (χ4v) is 5.46. The minimum absolute atomic E-state index is 0.117. The second kappa shape index (κ2) is 5.79. The largest absolute Gasteiger partial charge is 0.335 e. The van der Waals surface area contributed by atoms with Crippen molar-refractivity contribution in [2.75, 3.05) is 6.54 Å². The van der Waals surface area contributed by atoms with E-state index in [1.54, 1.807) is 13.1 Å². The van der Waals surface area contributed by atoms with E-state index in [4.69, 9.17) is 0 Å². The Bertz CT molecular complexity index is 734. The number of aryl methyl sites for hydroxylation is 2. The summed E-state index contributed by atoms with van der Waals surface area (Å²) >= 11 is 4.44. The molecule has 1 aliphatic rings. The first-order valence-corrected chi connectivity index (χ1v) is 9.67. The van der Waals surface area contributed by atoms with Crippen LogP contribution in [0.15, 0.2) is 20.5 Å². The van der Waals surface area contributed by atoms with E-state index in [0.717, 1.165) is 40.3 Å². The lowest BCUT2D eigenvalue weighted by molar-refractivity contribution is 0.363. The summed E-state index contributed by atoms with van der Waals surface area (Å²) in [6.07, 6.45) is 5.57. The van der Waals surface area contributed by atoms with Crippen molar-refractivity contribution in [1.82, 2.24) is 19.3 Å². The van der Waals surface area contributed by atoms with E-state index in [-0.39, 0.29) is 10.3 Å². The van der Waals surface area contributed by atoms with E-state index in [1.807, 2.05) is 6.20 Å². The van der Waals surface area contributed by atoms with E-state index in [1.165, 1.54) is 0 Å². The fourth-order valence-electron chi connectivity index (χ4n) is 2.36. The number of thiazole rings is 1. The Balaban J connectivity index is 1.65. The standard InChI is InChI=1S/C12H15BrN4O2S2/c1-8-11(13)20-12(16-8)21(18,19)15-6-9-2-3-10-14-4-5-17(10)7-9/h4-5,9,15H,2-3,6-7H2,1H3/t9-/m0/s1. The average Bonchev–Trinajstić information content (AvgIpc) is 3.04. The van der Waals surface area contributed by atoms with Crippen LogP contribution in [0.25, 0.3) is 0 Å². The zero-order valence-corrected chi connectivity index (χ0v) is 14.6. The molecule has 9 heteroatoms. The molecule has 0 bridgehead atoms. The van der Waals surface area contributed by atoms with Crippen LogP contribution in [0.5, 0.6) is 0 Å². The molecule has 0 aliphatic carbocycles. The number of aromatic nitrogens is 3. The normalized spacial score (nSPS) is 18.7. The quantitative estimate of drug-likeness (QED) is 0.865. The molecule has 6 nitrogen and oxygen atoms in total. The molecule has 21 heavy (non-hydrogen) atoms. The van der Waals surface area contributed by atoms with Gasteiger partial charge in [0, 0.05) is 31.9 Å². The van der Waals surface area contributed by atoms with Gasteiger partial charge in [0.2, 0.25) is 4.34 Å². The van der Waals surface area contributed by atoms with E-state index in [2.05, 4.69) is 35.2 Å². The molecule has 1 aliphatic heterocycles. The predicted molar refractivity (Wildman–Crippen MR) is 83.8 cm³/mol. The van der Waals surface area contributed by atoms with Crippen molar-refractivity contribution in [1.29, 1.82) is 0 Å². The Morgan fingerprint density at radius 2 is 2.38 bits per heavy atom. The first kappa shape index (κ1) is 15.1.